The Bertz CT molecular complexity index is 885. The van der Waals surface area contributed by atoms with Gasteiger partial charge < -0.3 is 19.5 Å². The number of aliphatic hydroxyl groups excluding tert-OH is 1. The topological polar surface area (TPSA) is 62.2 Å². The molecule has 0 radical (unpaired) electrons. The first-order valence-corrected chi connectivity index (χ1v) is 12.7. The highest BCUT2D eigenvalue weighted by Gasteiger charge is 2.33. The second-order valence-electron chi connectivity index (χ2n) is 9.31. The Morgan fingerprint density at radius 3 is 2.88 bits per heavy atom. The average Bonchev–Trinajstić information content (AvgIpc) is 3.25. The Morgan fingerprint density at radius 1 is 1.33 bits per heavy atom. The molecule has 2 heterocycles. The molecule has 7 heteroatoms. The van der Waals surface area contributed by atoms with Gasteiger partial charge in [0.15, 0.2) is 0 Å². The molecule has 2 aromatic rings. The van der Waals surface area contributed by atoms with Crippen molar-refractivity contribution in [2.75, 3.05) is 46.5 Å². The van der Waals surface area contributed by atoms with Gasteiger partial charge in [-0.1, -0.05) is 26.0 Å². The maximum absolute atomic E-state index is 13.5. The molecule has 1 aliphatic heterocycles. The molecule has 1 aliphatic rings. The van der Waals surface area contributed by atoms with E-state index in [4.69, 9.17) is 9.47 Å². The summed E-state index contributed by atoms with van der Waals surface area (Å²) in [6.07, 6.45) is 1.24. The molecule has 1 aromatic carbocycles. The second kappa shape index (κ2) is 12.5. The number of methoxy groups -OCH3 is 1. The van der Waals surface area contributed by atoms with E-state index in [1.165, 1.54) is 10.4 Å². The third-order valence-electron chi connectivity index (χ3n) is 6.02. The van der Waals surface area contributed by atoms with Crippen molar-refractivity contribution in [3.8, 4) is 5.75 Å². The zero-order chi connectivity index (χ0) is 23.8. The van der Waals surface area contributed by atoms with Crippen LogP contribution in [0.15, 0.2) is 35.7 Å². The maximum atomic E-state index is 13.5. The maximum Gasteiger partial charge on any atom is 0.237 e. The van der Waals surface area contributed by atoms with Gasteiger partial charge in [-0.05, 0) is 66.9 Å². The van der Waals surface area contributed by atoms with Crippen molar-refractivity contribution < 1.29 is 19.4 Å². The van der Waals surface area contributed by atoms with Crippen molar-refractivity contribution in [3.05, 3.63) is 51.7 Å². The van der Waals surface area contributed by atoms with Crippen LogP contribution in [0.25, 0.3) is 0 Å². The van der Waals surface area contributed by atoms with Gasteiger partial charge in [0.2, 0.25) is 5.91 Å². The minimum absolute atomic E-state index is 0.0815. The fraction of sp³-hybridized carbons (Fsp3) is 0.577. The fourth-order valence-corrected chi connectivity index (χ4v) is 5.18. The summed E-state index contributed by atoms with van der Waals surface area (Å²) in [5, 5.41) is 12.4. The van der Waals surface area contributed by atoms with Crippen LogP contribution in [-0.2, 0) is 16.0 Å². The molecule has 0 saturated heterocycles. The number of carbonyl (C=O) groups is 1. The molecule has 1 aromatic heterocycles. The van der Waals surface area contributed by atoms with Crippen molar-refractivity contribution in [2.24, 2.45) is 5.92 Å². The molecule has 0 aliphatic carbocycles. The summed E-state index contributed by atoms with van der Waals surface area (Å²) in [4.78, 5) is 18.9. The molecule has 1 amide bonds. The molecule has 2 atom stereocenters. The molecule has 3 rings (SSSR count). The van der Waals surface area contributed by atoms with Crippen LogP contribution in [0.5, 0.6) is 5.75 Å². The zero-order valence-electron chi connectivity index (χ0n) is 20.3. The number of ether oxygens (including phenoxy) is 2. The Balaban J connectivity index is 1.72. The smallest absolute Gasteiger partial charge is 0.237 e. The van der Waals surface area contributed by atoms with E-state index >= 15 is 0 Å². The van der Waals surface area contributed by atoms with E-state index in [0.29, 0.717) is 25.6 Å². The highest BCUT2D eigenvalue weighted by Crippen LogP contribution is 2.34. The predicted molar refractivity (Wildman–Crippen MR) is 133 cm³/mol. The molecule has 0 spiro atoms. The number of benzene rings is 1. The lowest BCUT2D eigenvalue weighted by Gasteiger charge is -2.37. The van der Waals surface area contributed by atoms with Crippen molar-refractivity contribution in [1.29, 1.82) is 0 Å². The zero-order valence-corrected chi connectivity index (χ0v) is 21.1. The Morgan fingerprint density at radius 2 is 2.15 bits per heavy atom. The van der Waals surface area contributed by atoms with Crippen LogP contribution >= 0.6 is 11.3 Å². The number of thiophene rings is 1. The molecule has 0 fully saturated rings. The van der Waals surface area contributed by atoms with Gasteiger partial charge in [0.05, 0.1) is 25.3 Å². The summed E-state index contributed by atoms with van der Waals surface area (Å²) in [7, 11) is 1.58. The van der Waals surface area contributed by atoms with E-state index in [1.807, 2.05) is 36.1 Å². The summed E-state index contributed by atoms with van der Waals surface area (Å²) in [5.41, 5.74) is 2.34. The van der Waals surface area contributed by atoms with Crippen molar-refractivity contribution in [3.63, 3.8) is 0 Å². The van der Waals surface area contributed by atoms with Gasteiger partial charge in [-0.3, -0.25) is 9.69 Å². The van der Waals surface area contributed by atoms with Crippen molar-refractivity contribution >= 4 is 17.2 Å². The van der Waals surface area contributed by atoms with E-state index < -0.39 is 6.10 Å². The highest BCUT2D eigenvalue weighted by molar-refractivity contribution is 7.10. The summed E-state index contributed by atoms with van der Waals surface area (Å²) in [6, 6.07) is 10.0. The monoisotopic (exact) mass is 474 g/mol. The van der Waals surface area contributed by atoms with E-state index in [2.05, 4.69) is 30.2 Å². The molecule has 0 bridgehead atoms. The molecule has 182 valence electrons. The van der Waals surface area contributed by atoms with E-state index in [0.717, 1.165) is 30.7 Å². The lowest BCUT2D eigenvalue weighted by atomic mass is 10.00. The quantitative estimate of drug-likeness (QED) is 0.505. The number of carbonyl (C=O) groups excluding carboxylic acids is 1. The Hall–Kier alpha value is -1.93. The first-order valence-electron chi connectivity index (χ1n) is 11.8. The van der Waals surface area contributed by atoms with E-state index in [-0.39, 0.29) is 25.1 Å². The highest BCUT2D eigenvalue weighted by atomic mass is 32.1. The number of hydrogen-bond acceptors (Lipinski definition) is 6. The molecular formula is C26H38N2O4S. The summed E-state index contributed by atoms with van der Waals surface area (Å²) >= 11 is 1.76. The first-order chi connectivity index (χ1) is 15.9. The molecule has 0 saturated carbocycles. The largest absolute Gasteiger partial charge is 0.491 e. The third kappa shape index (κ3) is 7.54. The fourth-order valence-electron chi connectivity index (χ4n) is 4.26. The average molecular weight is 475 g/mol. The van der Waals surface area contributed by atoms with Crippen LogP contribution < -0.4 is 4.74 Å². The van der Waals surface area contributed by atoms with Crippen LogP contribution in [-0.4, -0.2) is 73.4 Å². The molecular weight excluding hydrogens is 436 g/mol. The lowest BCUT2D eigenvalue weighted by molar-refractivity contribution is -0.136. The number of aryl methyl sites for hydroxylation is 1. The predicted octanol–water partition coefficient (Wildman–Crippen LogP) is 3.92. The van der Waals surface area contributed by atoms with Crippen molar-refractivity contribution in [1.82, 2.24) is 9.80 Å². The number of amides is 1. The minimum Gasteiger partial charge on any atom is -0.491 e. The molecule has 33 heavy (non-hydrogen) atoms. The third-order valence-corrected chi connectivity index (χ3v) is 7.02. The number of aliphatic hydroxyl groups is 1. The molecule has 0 unspecified atom stereocenters. The van der Waals surface area contributed by atoms with Crippen LogP contribution in [0.3, 0.4) is 0 Å². The molecule has 1 N–H and O–H groups in total. The number of rotatable bonds is 12. The van der Waals surface area contributed by atoms with Crippen LogP contribution in [0.2, 0.25) is 0 Å². The summed E-state index contributed by atoms with van der Waals surface area (Å²) in [6.45, 7) is 9.25. The van der Waals surface area contributed by atoms with E-state index in [1.54, 1.807) is 18.4 Å². The summed E-state index contributed by atoms with van der Waals surface area (Å²) in [5.74, 6) is 1.44. The molecule has 6 nitrogen and oxygen atoms in total. The number of hydrogen-bond donors (Lipinski definition) is 1. The van der Waals surface area contributed by atoms with Gasteiger partial charge in [-0.25, -0.2) is 0 Å². The second-order valence-corrected chi connectivity index (χ2v) is 10.3. The minimum atomic E-state index is -0.611. The van der Waals surface area contributed by atoms with Gasteiger partial charge in [0.25, 0.3) is 0 Å². The summed E-state index contributed by atoms with van der Waals surface area (Å²) < 4.78 is 11.2. The van der Waals surface area contributed by atoms with Crippen molar-refractivity contribution in [2.45, 2.75) is 45.8 Å². The number of nitrogens with zero attached hydrogens (tertiary/aromatic N) is 2. The van der Waals surface area contributed by atoms with Gasteiger partial charge >= 0.3 is 0 Å². The van der Waals surface area contributed by atoms with Gasteiger partial charge in [0, 0.05) is 25.1 Å². The van der Waals surface area contributed by atoms with Gasteiger partial charge in [0.1, 0.15) is 12.4 Å². The Labute approximate surface area is 202 Å². The number of fused-ring (bicyclic) bond motifs is 1. The van der Waals surface area contributed by atoms with E-state index in [9.17, 15) is 9.90 Å². The Kier molecular flexibility index (Phi) is 9.74. The normalized spacial score (nSPS) is 16.8. The van der Waals surface area contributed by atoms with Crippen LogP contribution in [0.4, 0.5) is 0 Å². The van der Waals surface area contributed by atoms with Crippen LogP contribution in [0.1, 0.15) is 42.3 Å². The SMILES string of the molecule is COC[C@@H](O)CN(CCC(C)C)CC(=O)N1CCc2sccc2[C@H]1COc1cccc(C)c1. The van der Waals surface area contributed by atoms with Gasteiger partial charge in [-0.15, -0.1) is 11.3 Å². The standard InChI is InChI=1S/C26H38N2O4S/c1-19(2)8-11-27(15-21(29)17-31-4)16-26(30)28-12-9-25-23(10-13-33-25)24(28)18-32-22-7-5-6-20(3)14-22/h5-7,10,13-14,19,21,24,29H,8-9,11-12,15-18H2,1-4H3/t21-,24+/m0/s1. The lowest BCUT2D eigenvalue weighted by Crippen LogP contribution is -2.48. The van der Waals surface area contributed by atoms with Crippen LogP contribution in [0, 0.1) is 12.8 Å². The first kappa shape index (κ1) is 25.7. The van der Waals surface area contributed by atoms with Gasteiger partial charge in [-0.2, -0.15) is 0 Å².